The maximum Gasteiger partial charge on any atom is 0.00875 e. The van der Waals surface area contributed by atoms with Gasteiger partial charge in [0.15, 0.2) is 0 Å². The Morgan fingerprint density at radius 2 is 0.971 bits per heavy atom. The first-order valence-electron chi connectivity index (χ1n) is 12.7. The van der Waals surface area contributed by atoms with Gasteiger partial charge < -0.3 is 0 Å². The molecular weight excluding hydrogens is 420 g/mol. The molecule has 0 amide bonds. The molecule has 172 valence electrons. The first-order chi connectivity index (χ1) is 16.9. The zero-order chi connectivity index (χ0) is 24.2. The molecule has 0 fully saturated rings. The van der Waals surface area contributed by atoms with Crippen molar-refractivity contribution in [1.82, 2.24) is 0 Å². The molecule has 0 saturated carbocycles. The zero-order valence-electron chi connectivity index (χ0n) is 21.0. The van der Waals surface area contributed by atoms with Gasteiger partial charge >= 0.3 is 0 Å². The van der Waals surface area contributed by atoms with Crippen molar-refractivity contribution >= 4 is 12.2 Å². The molecule has 0 aliphatic heterocycles. The summed E-state index contributed by atoms with van der Waals surface area (Å²) in [6.07, 6.45) is 9.62. The van der Waals surface area contributed by atoms with E-state index in [2.05, 4.69) is 137 Å². The summed E-state index contributed by atoms with van der Waals surface area (Å²) in [5.74, 6) is 0.732. The fourth-order valence-corrected chi connectivity index (χ4v) is 6.29. The van der Waals surface area contributed by atoms with Crippen molar-refractivity contribution in [2.24, 2.45) is 5.41 Å². The zero-order valence-corrected chi connectivity index (χ0v) is 21.0. The van der Waals surface area contributed by atoms with Gasteiger partial charge in [0.1, 0.15) is 0 Å². The van der Waals surface area contributed by atoms with Crippen LogP contribution in [0.5, 0.6) is 0 Å². The van der Waals surface area contributed by atoms with Crippen molar-refractivity contribution in [3.8, 4) is 22.3 Å². The van der Waals surface area contributed by atoms with Crippen LogP contribution in [0.4, 0.5) is 0 Å². The number of benzene rings is 4. The summed E-state index contributed by atoms with van der Waals surface area (Å²) in [7, 11) is 0. The molecule has 0 nitrogen and oxygen atoms in total. The van der Waals surface area contributed by atoms with Crippen molar-refractivity contribution in [2.45, 2.75) is 39.5 Å². The number of fused-ring (bicyclic) bond motifs is 2. The van der Waals surface area contributed by atoms with Crippen LogP contribution in [-0.4, -0.2) is 0 Å². The Hall–Kier alpha value is -3.64. The second-order valence-corrected chi connectivity index (χ2v) is 10.9. The van der Waals surface area contributed by atoms with Crippen molar-refractivity contribution in [3.05, 3.63) is 130 Å². The van der Waals surface area contributed by atoms with Crippen molar-refractivity contribution in [1.29, 1.82) is 0 Å². The van der Waals surface area contributed by atoms with E-state index in [0.717, 1.165) is 0 Å². The minimum atomic E-state index is 0.0416. The standard InChI is InChI=1S/C35H32/c1-23-9-5-11-25(21-23)27-13-7-15-31-29(27)17-19-33(31)35(3,4)34-20-18-30-28(14-8-16-32(30)34)26-12-6-10-24(2)22-26/h5-22,33-34H,1-4H3. The van der Waals surface area contributed by atoms with Crippen LogP contribution in [-0.2, 0) is 0 Å². The molecule has 0 heteroatoms. The van der Waals surface area contributed by atoms with Gasteiger partial charge in [-0.25, -0.2) is 0 Å². The topological polar surface area (TPSA) is 0 Å². The average Bonchev–Trinajstić information content (AvgIpc) is 3.49. The number of rotatable bonds is 4. The number of hydrogen-bond acceptors (Lipinski definition) is 0. The third kappa shape index (κ3) is 3.60. The van der Waals surface area contributed by atoms with Gasteiger partial charge in [-0.05, 0) is 63.8 Å². The third-order valence-corrected chi connectivity index (χ3v) is 8.12. The Morgan fingerprint density at radius 1 is 0.543 bits per heavy atom. The largest absolute Gasteiger partial charge is 0.0758 e. The SMILES string of the molecule is Cc1cccc(-c2cccc3c2C=CC3C(C)(C)C2C=Cc3c(-c4cccc(C)c4)cccc32)c1. The van der Waals surface area contributed by atoms with Crippen molar-refractivity contribution in [2.75, 3.05) is 0 Å². The van der Waals surface area contributed by atoms with E-state index in [1.54, 1.807) is 0 Å². The Kier molecular flexibility index (Phi) is 5.15. The van der Waals surface area contributed by atoms with Gasteiger partial charge in [0.2, 0.25) is 0 Å². The van der Waals surface area contributed by atoms with E-state index in [0.29, 0.717) is 11.8 Å². The summed E-state index contributed by atoms with van der Waals surface area (Å²) in [5, 5.41) is 0. The molecule has 2 aliphatic rings. The molecule has 4 aromatic rings. The number of allylic oxidation sites excluding steroid dienone is 2. The molecule has 0 aromatic heterocycles. The molecular formula is C35H32. The third-order valence-electron chi connectivity index (χ3n) is 8.12. The highest BCUT2D eigenvalue weighted by atomic mass is 14.4. The Bertz CT molecular complexity index is 1380. The highest BCUT2D eigenvalue weighted by molar-refractivity contribution is 5.83. The van der Waals surface area contributed by atoms with Crippen LogP contribution in [0.15, 0.2) is 97.1 Å². The fraction of sp³-hybridized carbons (Fsp3) is 0.200. The molecule has 0 radical (unpaired) electrons. The van der Waals surface area contributed by atoms with E-state index in [1.807, 2.05) is 0 Å². The van der Waals surface area contributed by atoms with Gasteiger partial charge in [-0.2, -0.15) is 0 Å². The maximum atomic E-state index is 2.44. The molecule has 0 N–H and O–H groups in total. The summed E-state index contributed by atoms with van der Waals surface area (Å²) >= 11 is 0. The molecule has 4 aromatic carbocycles. The van der Waals surface area contributed by atoms with E-state index in [1.165, 1.54) is 55.6 Å². The molecule has 0 saturated heterocycles. The van der Waals surface area contributed by atoms with E-state index in [9.17, 15) is 0 Å². The number of hydrogen-bond donors (Lipinski definition) is 0. The molecule has 0 heterocycles. The lowest BCUT2D eigenvalue weighted by molar-refractivity contribution is 0.292. The molecule has 2 unspecified atom stereocenters. The quantitative estimate of drug-likeness (QED) is 0.289. The van der Waals surface area contributed by atoms with E-state index in [4.69, 9.17) is 0 Å². The lowest BCUT2D eigenvalue weighted by atomic mass is 9.66. The molecule has 2 aliphatic carbocycles. The predicted octanol–water partition coefficient (Wildman–Crippen LogP) is 9.58. The summed E-state index contributed by atoms with van der Waals surface area (Å²) in [5.41, 5.74) is 13.6. The Morgan fingerprint density at radius 3 is 1.40 bits per heavy atom. The van der Waals surface area contributed by atoms with Crippen LogP contribution >= 0.6 is 0 Å². The van der Waals surface area contributed by atoms with Gasteiger partial charge in [0.25, 0.3) is 0 Å². The van der Waals surface area contributed by atoms with Crippen LogP contribution < -0.4 is 0 Å². The smallest absolute Gasteiger partial charge is 0.00875 e. The van der Waals surface area contributed by atoms with Crippen molar-refractivity contribution in [3.63, 3.8) is 0 Å². The van der Waals surface area contributed by atoms with Gasteiger partial charge in [0, 0.05) is 11.8 Å². The first-order valence-corrected chi connectivity index (χ1v) is 12.7. The van der Waals surface area contributed by atoms with E-state index < -0.39 is 0 Å². The monoisotopic (exact) mass is 452 g/mol. The van der Waals surface area contributed by atoms with Gasteiger partial charge in [-0.1, -0.05) is 134 Å². The minimum Gasteiger partial charge on any atom is -0.0758 e. The Labute approximate surface area is 209 Å². The second kappa shape index (κ2) is 8.24. The van der Waals surface area contributed by atoms with Crippen LogP contribution in [0.25, 0.3) is 34.4 Å². The summed E-state index contributed by atoms with van der Waals surface area (Å²) < 4.78 is 0. The molecule has 6 rings (SSSR count). The van der Waals surface area contributed by atoms with Crippen LogP contribution in [0, 0.1) is 19.3 Å². The highest BCUT2D eigenvalue weighted by Gasteiger charge is 2.41. The van der Waals surface area contributed by atoms with E-state index >= 15 is 0 Å². The van der Waals surface area contributed by atoms with Gasteiger partial charge in [0.05, 0.1) is 0 Å². The summed E-state index contributed by atoms with van der Waals surface area (Å²) in [4.78, 5) is 0. The molecule has 0 spiro atoms. The average molecular weight is 453 g/mol. The van der Waals surface area contributed by atoms with Gasteiger partial charge in [-0.15, -0.1) is 0 Å². The predicted molar refractivity (Wildman–Crippen MR) is 151 cm³/mol. The second-order valence-electron chi connectivity index (χ2n) is 10.9. The van der Waals surface area contributed by atoms with Crippen LogP contribution in [0.1, 0.15) is 59.1 Å². The maximum absolute atomic E-state index is 2.44. The lowest BCUT2D eigenvalue weighted by Gasteiger charge is -2.37. The fourth-order valence-electron chi connectivity index (χ4n) is 6.29. The van der Waals surface area contributed by atoms with Crippen LogP contribution in [0.3, 0.4) is 0 Å². The lowest BCUT2D eigenvalue weighted by Crippen LogP contribution is -2.26. The Balaban J connectivity index is 1.39. The van der Waals surface area contributed by atoms with Gasteiger partial charge in [-0.3, -0.25) is 0 Å². The normalized spacial score (nSPS) is 18.1. The molecule has 35 heavy (non-hydrogen) atoms. The highest BCUT2D eigenvalue weighted by Crippen LogP contribution is 2.55. The van der Waals surface area contributed by atoms with Crippen molar-refractivity contribution < 1.29 is 0 Å². The molecule has 0 bridgehead atoms. The summed E-state index contributed by atoms with van der Waals surface area (Å²) in [6, 6.07) is 31.4. The number of aryl methyl sites for hydroxylation is 2. The first kappa shape index (κ1) is 21.9. The van der Waals surface area contributed by atoms with E-state index in [-0.39, 0.29) is 5.41 Å². The minimum absolute atomic E-state index is 0.0416. The van der Waals surface area contributed by atoms with Crippen LogP contribution in [0.2, 0.25) is 0 Å². The molecule has 2 atom stereocenters. The summed E-state index contributed by atoms with van der Waals surface area (Å²) in [6.45, 7) is 9.23.